The van der Waals surface area contributed by atoms with Crippen molar-refractivity contribution in [3.8, 4) is 5.75 Å². The molecule has 0 aliphatic carbocycles. The van der Waals surface area contributed by atoms with Crippen LogP contribution in [0.5, 0.6) is 5.75 Å². The van der Waals surface area contributed by atoms with Crippen LogP contribution < -0.4 is 4.74 Å². The molecule has 1 aromatic carbocycles. The molecule has 4 heterocycles. The van der Waals surface area contributed by atoms with Crippen LogP contribution in [0.1, 0.15) is 34.7 Å². The van der Waals surface area contributed by atoms with Crippen LogP contribution in [-0.2, 0) is 0 Å². The normalized spacial score (nSPS) is 22.3. The molecule has 3 aromatic rings. The van der Waals surface area contributed by atoms with E-state index in [4.69, 9.17) is 9.84 Å². The lowest BCUT2D eigenvalue weighted by Crippen LogP contribution is -2.33. The summed E-state index contributed by atoms with van der Waals surface area (Å²) in [5.74, 6) is 0.979. The van der Waals surface area contributed by atoms with Gasteiger partial charge < -0.3 is 4.74 Å². The van der Waals surface area contributed by atoms with Crippen LogP contribution in [0.2, 0.25) is 0 Å². The summed E-state index contributed by atoms with van der Waals surface area (Å²) in [6.45, 7) is 0. The Labute approximate surface area is 142 Å². The third-order valence-corrected chi connectivity index (χ3v) is 5.95. The number of hydrogen-bond donors (Lipinski definition) is 0. The predicted octanol–water partition coefficient (Wildman–Crippen LogP) is 5.05. The fraction of sp³-hybridized carbons (Fsp3) is 0.167. The lowest BCUT2D eigenvalue weighted by Gasteiger charge is -2.37. The second-order valence-electron chi connectivity index (χ2n) is 5.69. The van der Waals surface area contributed by atoms with E-state index in [1.54, 1.807) is 22.7 Å². The number of fused-ring (bicyclic) bond motifs is 3. The molecule has 3 nitrogen and oxygen atoms in total. The van der Waals surface area contributed by atoms with E-state index in [9.17, 15) is 0 Å². The molecule has 0 bridgehead atoms. The second-order valence-corrected chi connectivity index (χ2v) is 7.42. The van der Waals surface area contributed by atoms with Crippen molar-refractivity contribution < 1.29 is 4.74 Å². The molecule has 0 saturated carbocycles. The van der Waals surface area contributed by atoms with E-state index >= 15 is 0 Å². The SMILES string of the molecule is c1csc(C2=NN3[C@@H](c4ccsc4)Oc4ccccc4[C@@H]3C2)c1. The standard InChI is InChI=1S/C18H14N2OS2/c1-2-5-16-13(4-1)15-10-14(17-6-3-8-23-17)19-20(15)18(21-16)12-7-9-22-11-12/h1-9,11,15,18H,10H2/t15-,18+/m0/s1. The number of benzene rings is 1. The number of para-hydroxylation sites is 1. The van der Waals surface area contributed by atoms with E-state index in [0.29, 0.717) is 0 Å². The van der Waals surface area contributed by atoms with Crippen molar-refractivity contribution in [3.63, 3.8) is 0 Å². The molecule has 2 aliphatic rings. The van der Waals surface area contributed by atoms with Crippen molar-refractivity contribution in [2.75, 3.05) is 0 Å². The van der Waals surface area contributed by atoms with Crippen LogP contribution in [0, 0.1) is 0 Å². The van der Waals surface area contributed by atoms with E-state index < -0.39 is 0 Å². The first kappa shape index (κ1) is 13.3. The average molecular weight is 338 g/mol. The van der Waals surface area contributed by atoms with E-state index in [2.05, 4.69) is 57.5 Å². The Balaban J connectivity index is 1.62. The molecule has 0 saturated heterocycles. The van der Waals surface area contributed by atoms with Gasteiger partial charge in [-0.1, -0.05) is 24.3 Å². The molecule has 0 radical (unpaired) electrons. The summed E-state index contributed by atoms with van der Waals surface area (Å²) in [4.78, 5) is 1.25. The van der Waals surface area contributed by atoms with Gasteiger partial charge in [-0.15, -0.1) is 11.3 Å². The van der Waals surface area contributed by atoms with Gasteiger partial charge in [-0.3, -0.25) is 0 Å². The number of rotatable bonds is 2. The van der Waals surface area contributed by atoms with Gasteiger partial charge in [0.1, 0.15) is 5.75 Å². The van der Waals surface area contributed by atoms with Gasteiger partial charge in [0.15, 0.2) is 0 Å². The number of nitrogens with zero attached hydrogens (tertiary/aromatic N) is 2. The minimum absolute atomic E-state index is 0.140. The second kappa shape index (κ2) is 5.22. The Morgan fingerprint density at radius 2 is 2.04 bits per heavy atom. The summed E-state index contributed by atoms with van der Waals surface area (Å²) >= 11 is 3.44. The number of ether oxygens (including phenoxy) is 1. The first-order valence-corrected chi connectivity index (χ1v) is 9.40. The maximum absolute atomic E-state index is 6.28. The lowest BCUT2D eigenvalue weighted by atomic mass is 9.98. The van der Waals surface area contributed by atoms with Gasteiger partial charge in [-0.2, -0.15) is 16.4 Å². The van der Waals surface area contributed by atoms with Crippen LogP contribution in [0.25, 0.3) is 0 Å². The van der Waals surface area contributed by atoms with Gasteiger partial charge in [0.25, 0.3) is 0 Å². The highest BCUT2D eigenvalue weighted by molar-refractivity contribution is 7.12. The van der Waals surface area contributed by atoms with E-state index in [-0.39, 0.29) is 12.3 Å². The summed E-state index contributed by atoms with van der Waals surface area (Å²) in [6, 6.07) is 14.9. The smallest absolute Gasteiger partial charge is 0.214 e. The summed E-state index contributed by atoms with van der Waals surface area (Å²) in [6.07, 6.45) is 0.792. The average Bonchev–Trinajstić information content (AvgIpc) is 3.34. The van der Waals surface area contributed by atoms with Crippen molar-refractivity contribution >= 4 is 28.4 Å². The fourth-order valence-corrected chi connectivity index (χ4v) is 4.65. The largest absolute Gasteiger partial charge is 0.464 e. The third kappa shape index (κ3) is 2.11. The maximum Gasteiger partial charge on any atom is 0.214 e. The Kier molecular flexibility index (Phi) is 3.02. The van der Waals surface area contributed by atoms with Gasteiger partial charge in [0.2, 0.25) is 6.23 Å². The van der Waals surface area contributed by atoms with Crippen molar-refractivity contribution in [2.24, 2.45) is 5.10 Å². The monoisotopic (exact) mass is 338 g/mol. The molecule has 0 unspecified atom stereocenters. The Hall–Kier alpha value is -2.11. The number of hydrogen-bond acceptors (Lipinski definition) is 5. The highest BCUT2D eigenvalue weighted by Gasteiger charge is 2.41. The van der Waals surface area contributed by atoms with Gasteiger partial charge in [-0.25, -0.2) is 5.01 Å². The summed E-state index contributed by atoms with van der Waals surface area (Å²) in [5, 5.41) is 13.4. The first-order chi connectivity index (χ1) is 11.4. The maximum atomic E-state index is 6.28. The quantitative estimate of drug-likeness (QED) is 0.653. The van der Waals surface area contributed by atoms with Gasteiger partial charge in [0.05, 0.1) is 16.6 Å². The molecule has 5 rings (SSSR count). The van der Waals surface area contributed by atoms with Gasteiger partial charge in [0, 0.05) is 17.5 Å². The summed E-state index contributed by atoms with van der Waals surface area (Å²) in [7, 11) is 0. The zero-order chi connectivity index (χ0) is 15.2. The van der Waals surface area contributed by atoms with Crippen LogP contribution in [0.3, 0.4) is 0 Å². The van der Waals surface area contributed by atoms with E-state index in [1.807, 2.05) is 6.07 Å². The van der Waals surface area contributed by atoms with Gasteiger partial charge >= 0.3 is 0 Å². The first-order valence-electron chi connectivity index (χ1n) is 7.57. The molecule has 0 fully saturated rings. The Morgan fingerprint density at radius 3 is 2.87 bits per heavy atom. The zero-order valence-electron chi connectivity index (χ0n) is 12.3. The highest BCUT2D eigenvalue weighted by atomic mass is 32.1. The predicted molar refractivity (Wildman–Crippen MR) is 94.2 cm³/mol. The molecule has 2 aromatic heterocycles. The number of hydrazone groups is 1. The Bertz CT molecular complexity index is 855. The summed E-state index contributed by atoms with van der Waals surface area (Å²) in [5.41, 5.74) is 3.56. The zero-order valence-corrected chi connectivity index (χ0v) is 13.9. The van der Waals surface area contributed by atoms with Crippen molar-refractivity contribution in [1.82, 2.24) is 5.01 Å². The minimum atomic E-state index is -0.140. The molecule has 0 N–H and O–H groups in total. The Morgan fingerprint density at radius 1 is 1.09 bits per heavy atom. The summed E-state index contributed by atoms with van der Waals surface area (Å²) < 4.78 is 6.28. The lowest BCUT2D eigenvalue weighted by molar-refractivity contribution is -0.0187. The van der Waals surface area contributed by atoms with Gasteiger partial charge in [-0.05, 0) is 34.3 Å². The molecule has 5 heteroatoms. The molecule has 0 spiro atoms. The molecule has 2 aliphatic heterocycles. The highest BCUT2D eigenvalue weighted by Crippen LogP contribution is 2.47. The van der Waals surface area contributed by atoms with Crippen LogP contribution >= 0.6 is 22.7 Å². The van der Waals surface area contributed by atoms with Crippen molar-refractivity contribution in [2.45, 2.75) is 18.7 Å². The molecule has 2 atom stereocenters. The molecule has 114 valence electrons. The molecular weight excluding hydrogens is 324 g/mol. The molecule has 23 heavy (non-hydrogen) atoms. The van der Waals surface area contributed by atoms with E-state index in [1.165, 1.54) is 16.0 Å². The number of thiophene rings is 2. The topological polar surface area (TPSA) is 24.8 Å². The van der Waals surface area contributed by atoms with Crippen molar-refractivity contribution in [3.05, 3.63) is 74.6 Å². The van der Waals surface area contributed by atoms with Crippen molar-refractivity contribution in [1.29, 1.82) is 0 Å². The van der Waals surface area contributed by atoms with Crippen LogP contribution in [0.15, 0.2) is 63.7 Å². The van der Waals surface area contributed by atoms with E-state index in [0.717, 1.165) is 17.9 Å². The van der Waals surface area contributed by atoms with Crippen LogP contribution in [-0.4, -0.2) is 10.7 Å². The molecular formula is C18H14N2OS2. The molecule has 0 amide bonds. The minimum Gasteiger partial charge on any atom is -0.464 e. The third-order valence-electron chi connectivity index (χ3n) is 4.33. The van der Waals surface area contributed by atoms with Crippen LogP contribution in [0.4, 0.5) is 0 Å². The fourth-order valence-electron chi connectivity index (χ4n) is 3.26.